The molecular formula is C16H16ClNO. The van der Waals surface area contributed by atoms with Crippen LogP contribution >= 0.6 is 11.6 Å². The molecule has 1 N–H and O–H groups in total. The third kappa shape index (κ3) is 4.42. The average Bonchev–Trinajstić information content (AvgIpc) is 2.66. The van der Waals surface area contributed by atoms with Gasteiger partial charge >= 0.3 is 0 Å². The van der Waals surface area contributed by atoms with E-state index in [4.69, 9.17) is 11.6 Å². The highest BCUT2D eigenvalue weighted by Crippen LogP contribution is 2.11. The summed E-state index contributed by atoms with van der Waals surface area (Å²) >= 11 is 5.48. The van der Waals surface area contributed by atoms with Crippen LogP contribution in [0.5, 0.6) is 0 Å². The second-order valence-electron chi connectivity index (χ2n) is 4.36. The summed E-state index contributed by atoms with van der Waals surface area (Å²) in [4.78, 5) is 11.1. The van der Waals surface area contributed by atoms with E-state index in [0.29, 0.717) is 0 Å². The standard InChI is InChI=1S/C16H16ClNO/c17-16(19)14-7-4-8-15(10-9-14)18-12-11-13-5-2-1-3-6-13/h1-10,14,18H,11-12H2. The summed E-state index contributed by atoms with van der Waals surface area (Å²) in [5, 5.41) is 2.98. The Kier molecular flexibility index (Phi) is 4.99. The van der Waals surface area contributed by atoms with E-state index in [0.717, 1.165) is 18.7 Å². The van der Waals surface area contributed by atoms with E-state index in [2.05, 4.69) is 17.4 Å². The van der Waals surface area contributed by atoms with Crippen molar-refractivity contribution in [2.75, 3.05) is 6.54 Å². The van der Waals surface area contributed by atoms with Crippen molar-refractivity contribution in [1.82, 2.24) is 5.32 Å². The Morgan fingerprint density at radius 2 is 2.00 bits per heavy atom. The van der Waals surface area contributed by atoms with E-state index < -0.39 is 0 Å². The van der Waals surface area contributed by atoms with Gasteiger partial charge in [-0.2, -0.15) is 0 Å². The Labute approximate surface area is 118 Å². The monoisotopic (exact) mass is 273 g/mol. The number of carbonyl (C=O) groups is 1. The molecule has 1 aromatic rings. The lowest BCUT2D eigenvalue weighted by Crippen LogP contribution is -2.15. The maximum absolute atomic E-state index is 11.1. The van der Waals surface area contributed by atoms with Crippen molar-refractivity contribution in [3.05, 3.63) is 72.0 Å². The summed E-state index contributed by atoms with van der Waals surface area (Å²) in [5.74, 6) is -0.327. The van der Waals surface area contributed by atoms with Crippen LogP contribution in [0.4, 0.5) is 0 Å². The molecule has 1 aromatic carbocycles. The lowest BCUT2D eigenvalue weighted by molar-refractivity contribution is -0.112. The fourth-order valence-corrected chi connectivity index (χ4v) is 2.02. The molecule has 0 fully saturated rings. The molecule has 1 unspecified atom stereocenters. The van der Waals surface area contributed by atoms with E-state index >= 15 is 0 Å². The highest BCUT2D eigenvalue weighted by Gasteiger charge is 2.09. The predicted molar refractivity (Wildman–Crippen MR) is 78.9 cm³/mol. The lowest BCUT2D eigenvalue weighted by Gasteiger charge is -2.06. The van der Waals surface area contributed by atoms with E-state index in [9.17, 15) is 4.79 Å². The van der Waals surface area contributed by atoms with Crippen molar-refractivity contribution >= 4 is 16.8 Å². The van der Waals surface area contributed by atoms with Gasteiger partial charge in [-0.15, -0.1) is 0 Å². The molecule has 0 bridgehead atoms. The third-order valence-corrected chi connectivity index (χ3v) is 3.18. The van der Waals surface area contributed by atoms with Crippen LogP contribution in [0.15, 0.2) is 66.4 Å². The minimum Gasteiger partial charge on any atom is -0.385 e. The molecule has 0 aliphatic heterocycles. The number of carbonyl (C=O) groups excluding carboxylic acids is 1. The van der Waals surface area contributed by atoms with Gasteiger partial charge in [-0.05, 0) is 35.7 Å². The van der Waals surface area contributed by atoms with Gasteiger partial charge in [0.25, 0.3) is 0 Å². The quantitative estimate of drug-likeness (QED) is 0.835. The second-order valence-corrected chi connectivity index (χ2v) is 4.73. The summed E-state index contributed by atoms with van der Waals surface area (Å²) in [6.07, 6.45) is 10.3. The fourth-order valence-electron chi connectivity index (χ4n) is 1.87. The first-order valence-corrected chi connectivity index (χ1v) is 6.67. The van der Waals surface area contributed by atoms with Gasteiger partial charge < -0.3 is 5.32 Å². The van der Waals surface area contributed by atoms with Gasteiger partial charge in [0.05, 0.1) is 5.92 Å². The van der Waals surface area contributed by atoms with Crippen LogP contribution in [0.2, 0.25) is 0 Å². The predicted octanol–water partition coefficient (Wildman–Crippen LogP) is 3.21. The highest BCUT2D eigenvalue weighted by atomic mass is 35.5. The van der Waals surface area contributed by atoms with Gasteiger partial charge in [0.15, 0.2) is 0 Å². The molecule has 1 aliphatic rings. The first-order valence-electron chi connectivity index (χ1n) is 6.29. The number of hydrogen-bond donors (Lipinski definition) is 1. The zero-order valence-corrected chi connectivity index (χ0v) is 11.3. The first kappa shape index (κ1) is 13.6. The Bertz CT molecular complexity index is 517. The zero-order chi connectivity index (χ0) is 13.5. The number of benzene rings is 1. The highest BCUT2D eigenvalue weighted by molar-refractivity contribution is 6.64. The zero-order valence-electron chi connectivity index (χ0n) is 10.6. The molecule has 2 rings (SSSR count). The van der Waals surface area contributed by atoms with Crippen LogP contribution in [0.1, 0.15) is 5.56 Å². The maximum Gasteiger partial charge on any atom is 0.232 e. The number of hydrogen-bond acceptors (Lipinski definition) is 2. The summed E-state index contributed by atoms with van der Waals surface area (Å²) < 4.78 is 0. The Hall–Kier alpha value is -1.80. The third-order valence-electron chi connectivity index (χ3n) is 2.93. The fraction of sp³-hybridized carbons (Fsp3) is 0.188. The van der Waals surface area contributed by atoms with Crippen LogP contribution < -0.4 is 5.32 Å². The molecule has 3 heteroatoms. The van der Waals surface area contributed by atoms with Crippen LogP contribution in [-0.4, -0.2) is 11.8 Å². The topological polar surface area (TPSA) is 29.1 Å². The average molecular weight is 274 g/mol. The molecule has 0 radical (unpaired) electrons. The molecule has 0 aromatic heterocycles. The van der Waals surface area contributed by atoms with Crippen molar-refractivity contribution in [2.45, 2.75) is 6.42 Å². The Morgan fingerprint density at radius 1 is 1.21 bits per heavy atom. The van der Waals surface area contributed by atoms with Gasteiger partial charge in [0, 0.05) is 12.2 Å². The minimum atomic E-state index is -0.355. The molecule has 0 saturated carbocycles. The molecule has 0 saturated heterocycles. The van der Waals surface area contributed by atoms with Gasteiger partial charge in [0.1, 0.15) is 0 Å². The van der Waals surface area contributed by atoms with E-state index in [1.807, 2.05) is 36.4 Å². The van der Waals surface area contributed by atoms with E-state index in [1.165, 1.54) is 5.56 Å². The van der Waals surface area contributed by atoms with Crippen LogP contribution in [0, 0.1) is 5.92 Å². The van der Waals surface area contributed by atoms with Crippen molar-refractivity contribution < 1.29 is 4.79 Å². The van der Waals surface area contributed by atoms with Gasteiger partial charge in [-0.1, -0.05) is 48.6 Å². The number of halogens is 1. The number of allylic oxidation sites excluding steroid dienone is 5. The van der Waals surface area contributed by atoms with Crippen LogP contribution in [-0.2, 0) is 11.2 Å². The summed E-state index contributed by atoms with van der Waals surface area (Å²) in [7, 11) is 0. The summed E-state index contributed by atoms with van der Waals surface area (Å²) in [5.41, 5.74) is 2.30. The number of rotatable bonds is 5. The molecule has 19 heavy (non-hydrogen) atoms. The Balaban J connectivity index is 1.84. The molecule has 0 heterocycles. The molecule has 1 atom stereocenters. The lowest BCUT2D eigenvalue weighted by atomic mass is 10.1. The van der Waals surface area contributed by atoms with E-state index in [-0.39, 0.29) is 11.2 Å². The van der Waals surface area contributed by atoms with Gasteiger partial charge in [-0.25, -0.2) is 0 Å². The SMILES string of the molecule is O=C(Cl)C1C=CC=C(NCCc2ccccc2)C=C1. The molecule has 0 spiro atoms. The molecule has 2 nitrogen and oxygen atoms in total. The Morgan fingerprint density at radius 3 is 2.74 bits per heavy atom. The molecular weight excluding hydrogens is 258 g/mol. The smallest absolute Gasteiger partial charge is 0.232 e. The number of nitrogens with one attached hydrogen (secondary N) is 1. The summed E-state index contributed by atoms with van der Waals surface area (Å²) in [6.45, 7) is 0.855. The largest absolute Gasteiger partial charge is 0.385 e. The van der Waals surface area contributed by atoms with Crippen molar-refractivity contribution in [2.24, 2.45) is 5.92 Å². The van der Waals surface area contributed by atoms with Crippen LogP contribution in [0.3, 0.4) is 0 Å². The second kappa shape index (κ2) is 6.95. The van der Waals surface area contributed by atoms with Gasteiger partial charge in [-0.3, -0.25) is 4.79 Å². The summed E-state index contributed by atoms with van der Waals surface area (Å²) in [6, 6.07) is 10.3. The maximum atomic E-state index is 11.1. The van der Waals surface area contributed by atoms with Gasteiger partial charge in [0.2, 0.25) is 5.24 Å². The molecule has 98 valence electrons. The van der Waals surface area contributed by atoms with E-state index in [1.54, 1.807) is 12.2 Å². The molecule has 1 aliphatic carbocycles. The molecule has 0 amide bonds. The van der Waals surface area contributed by atoms with Crippen molar-refractivity contribution in [1.29, 1.82) is 0 Å². The van der Waals surface area contributed by atoms with Crippen LogP contribution in [0.25, 0.3) is 0 Å². The normalized spacial score (nSPS) is 17.7. The first-order chi connectivity index (χ1) is 9.25. The van der Waals surface area contributed by atoms with Crippen molar-refractivity contribution in [3.8, 4) is 0 Å². The minimum absolute atomic E-state index is 0.327. The van der Waals surface area contributed by atoms with Crippen molar-refractivity contribution in [3.63, 3.8) is 0 Å².